The Morgan fingerprint density at radius 2 is 1.66 bits per heavy atom. The lowest BCUT2D eigenvalue weighted by molar-refractivity contribution is 0.0546. The predicted octanol–water partition coefficient (Wildman–Crippen LogP) is 3.72. The molecule has 0 atom stereocenters. The molecule has 1 heterocycles. The number of carbonyl (C=O) groups excluding carboxylic acids is 4. The van der Waals surface area contributed by atoms with Crippen molar-refractivity contribution < 1.29 is 23.9 Å². The Labute approximate surface area is 185 Å². The summed E-state index contributed by atoms with van der Waals surface area (Å²) in [6.45, 7) is 0.255. The first-order valence-corrected chi connectivity index (χ1v) is 10.7. The Balaban J connectivity index is 1.37. The molecule has 1 aliphatic heterocycles. The number of hydrogen-bond acceptors (Lipinski definition) is 5. The molecule has 2 aromatic carbocycles. The molecule has 0 spiro atoms. The minimum absolute atomic E-state index is 0.0403. The van der Waals surface area contributed by atoms with Gasteiger partial charge in [0.1, 0.15) is 0 Å². The highest BCUT2D eigenvalue weighted by atomic mass is 16.5. The maximum atomic E-state index is 12.9. The van der Waals surface area contributed by atoms with Gasteiger partial charge in [0.2, 0.25) is 0 Å². The maximum Gasteiger partial charge on any atom is 0.337 e. The summed E-state index contributed by atoms with van der Waals surface area (Å²) in [4.78, 5) is 50.8. The normalized spacial score (nSPS) is 16.0. The lowest BCUT2D eigenvalue weighted by Gasteiger charge is -2.29. The number of anilines is 1. The molecule has 0 bridgehead atoms. The van der Waals surface area contributed by atoms with Gasteiger partial charge in [0.15, 0.2) is 0 Å². The minimum Gasteiger partial charge on any atom is -0.465 e. The van der Waals surface area contributed by atoms with E-state index in [0.29, 0.717) is 22.4 Å². The fourth-order valence-electron chi connectivity index (χ4n) is 4.24. The Bertz CT molecular complexity index is 1060. The molecule has 0 aromatic heterocycles. The number of urea groups is 1. The molecular weight excluding hydrogens is 410 g/mol. The van der Waals surface area contributed by atoms with Crippen LogP contribution < -0.4 is 10.6 Å². The van der Waals surface area contributed by atoms with Gasteiger partial charge in [-0.05, 0) is 48.7 Å². The molecule has 1 aliphatic carbocycles. The molecular formula is C24H25N3O5. The standard InChI is InChI=1S/C24H25N3O5/c1-32-23(30)16-9-7-15(8-10-16)14-25-24(31)26-17-11-12-19-20(13-17)22(29)27(21(19)28)18-5-3-2-4-6-18/h7-13,18H,2-6,14H2,1H3,(H2,25,26,31). The van der Waals surface area contributed by atoms with Crippen LogP contribution in [0.3, 0.4) is 0 Å². The fraction of sp³-hybridized carbons (Fsp3) is 0.333. The minimum atomic E-state index is -0.442. The summed E-state index contributed by atoms with van der Waals surface area (Å²) in [6, 6.07) is 11.0. The Hall–Kier alpha value is -3.68. The molecule has 1 fully saturated rings. The summed E-state index contributed by atoms with van der Waals surface area (Å²) in [5, 5.41) is 5.43. The van der Waals surface area contributed by atoms with Crippen LogP contribution in [0.15, 0.2) is 42.5 Å². The van der Waals surface area contributed by atoms with Crippen molar-refractivity contribution in [2.45, 2.75) is 44.7 Å². The average molecular weight is 435 g/mol. The lowest BCUT2D eigenvalue weighted by atomic mass is 9.94. The van der Waals surface area contributed by atoms with Crippen molar-refractivity contribution in [3.05, 3.63) is 64.7 Å². The zero-order valence-corrected chi connectivity index (χ0v) is 17.8. The van der Waals surface area contributed by atoms with Gasteiger partial charge in [0.25, 0.3) is 11.8 Å². The third-order valence-electron chi connectivity index (χ3n) is 5.94. The first-order valence-electron chi connectivity index (χ1n) is 10.7. The number of rotatable bonds is 5. The Morgan fingerprint density at radius 1 is 0.969 bits per heavy atom. The maximum absolute atomic E-state index is 12.9. The van der Waals surface area contributed by atoms with Crippen LogP contribution in [0.1, 0.15) is 68.7 Å². The molecule has 4 amide bonds. The van der Waals surface area contributed by atoms with Crippen molar-refractivity contribution in [3.63, 3.8) is 0 Å². The number of amides is 4. The quantitative estimate of drug-likeness (QED) is 0.550. The monoisotopic (exact) mass is 435 g/mol. The van der Waals surface area contributed by atoms with Gasteiger partial charge in [-0.3, -0.25) is 14.5 Å². The number of nitrogens with one attached hydrogen (secondary N) is 2. The number of hydrogen-bond donors (Lipinski definition) is 2. The molecule has 1 saturated carbocycles. The third kappa shape index (κ3) is 4.34. The number of imide groups is 1. The first kappa shape index (κ1) is 21.5. The van der Waals surface area contributed by atoms with E-state index in [0.717, 1.165) is 37.7 Å². The van der Waals surface area contributed by atoms with Gasteiger partial charge in [-0.2, -0.15) is 0 Å². The Kier molecular flexibility index (Phi) is 6.20. The molecule has 2 aliphatic rings. The van der Waals surface area contributed by atoms with Crippen LogP contribution in [0.5, 0.6) is 0 Å². The van der Waals surface area contributed by atoms with Gasteiger partial charge in [-0.25, -0.2) is 9.59 Å². The van der Waals surface area contributed by atoms with Crippen LogP contribution >= 0.6 is 0 Å². The summed E-state index contributed by atoms with van der Waals surface area (Å²) in [5.74, 6) is -0.955. The number of nitrogens with zero attached hydrogens (tertiary/aromatic N) is 1. The highest BCUT2D eigenvalue weighted by molar-refractivity contribution is 6.22. The number of benzene rings is 2. The number of methoxy groups -OCH3 is 1. The SMILES string of the molecule is COC(=O)c1ccc(CNC(=O)Nc2ccc3c(c2)C(=O)N(C2CCCCC2)C3=O)cc1. The molecule has 32 heavy (non-hydrogen) atoms. The predicted molar refractivity (Wildman–Crippen MR) is 117 cm³/mol. The fourth-order valence-corrected chi connectivity index (χ4v) is 4.24. The summed E-state index contributed by atoms with van der Waals surface area (Å²) in [7, 11) is 1.32. The van der Waals surface area contributed by atoms with E-state index in [2.05, 4.69) is 15.4 Å². The largest absolute Gasteiger partial charge is 0.465 e. The van der Waals surface area contributed by atoms with Crippen LogP contribution in [0.4, 0.5) is 10.5 Å². The van der Waals surface area contributed by atoms with Crippen molar-refractivity contribution in [2.75, 3.05) is 12.4 Å². The van der Waals surface area contributed by atoms with Crippen molar-refractivity contribution >= 4 is 29.5 Å². The molecule has 4 rings (SSSR count). The number of esters is 1. The zero-order chi connectivity index (χ0) is 22.7. The first-order chi connectivity index (χ1) is 15.5. The molecule has 2 N–H and O–H groups in total. The van der Waals surface area contributed by atoms with Gasteiger partial charge in [0, 0.05) is 18.3 Å². The van der Waals surface area contributed by atoms with Gasteiger partial charge < -0.3 is 15.4 Å². The molecule has 0 radical (unpaired) electrons. The van der Waals surface area contributed by atoms with E-state index >= 15 is 0 Å². The third-order valence-corrected chi connectivity index (χ3v) is 5.94. The second kappa shape index (κ2) is 9.21. The second-order valence-corrected chi connectivity index (χ2v) is 8.03. The molecule has 0 unspecified atom stereocenters. The van der Waals surface area contributed by atoms with E-state index in [1.54, 1.807) is 42.5 Å². The molecule has 2 aromatic rings. The summed E-state index contributed by atoms with van der Waals surface area (Å²) in [5.41, 5.74) is 2.40. The van der Waals surface area contributed by atoms with Gasteiger partial charge >= 0.3 is 12.0 Å². The molecule has 8 nitrogen and oxygen atoms in total. The number of fused-ring (bicyclic) bond motifs is 1. The summed E-state index contributed by atoms with van der Waals surface area (Å²) < 4.78 is 4.66. The molecule has 166 valence electrons. The van der Waals surface area contributed by atoms with Crippen LogP contribution in [0.2, 0.25) is 0 Å². The van der Waals surface area contributed by atoms with Gasteiger partial charge in [-0.15, -0.1) is 0 Å². The highest BCUT2D eigenvalue weighted by Crippen LogP contribution is 2.32. The van der Waals surface area contributed by atoms with Crippen LogP contribution in [-0.4, -0.2) is 41.9 Å². The van der Waals surface area contributed by atoms with Crippen molar-refractivity contribution in [1.29, 1.82) is 0 Å². The summed E-state index contributed by atoms with van der Waals surface area (Å²) >= 11 is 0. The van der Waals surface area contributed by atoms with Gasteiger partial charge in [0.05, 0.1) is 23.8 Å². The summed E-state index contributed by atoms with van der Waals surface area (Å²) in [6.07, 6.45) is 4.88. The van der Waals surface area contributed by atoms with Crippen molar-refractivity contribution in [2.24, 2.45) is 0 Å². The zero-order valence-electron chi connectivity index (χ0n) is 17.8. The lowest BCUT2D eigenvalue weighted by Crippen LogP contribution is -2.40. The topological polar surface area (TPSA) is 105 Å². The van der Waals surface area contributed by atoms with Gasteiger partial charge in [-0.1, -0.05) is 31.4 Å². The smallest absolute Gasteiger partial charge is 0.337 e. The van der Waals surface area contributed by atoms with Crippen LogP contribution in [0.25, 0.3) is 0 Å². The van der Waals surface area contributed by atoms with E-state index < -0.39 is 12.0 Å². The average Bonchev–Trinajstić information content (AvgIpc) is 3.07. The number of carbonyl (C=O) groups is 4. The van der Waals surface area contributed by atoms with E-state index in [9.17, 15) is 19.2 Å². The van der Waals surface area contributed by atoms with Crippen LogP contribution in [-0.2, 0) is 11.3 Å². The van der Waals surface area contributed by atoms with E-state index in [4.69, 9.17) is 0 Å². The Morgan fingerprint density at radius 3 is 2.34 bits per heavy atom. The van der Waals surface area contributed by atoms with Crippen LogP contribution in [0, 0.1) is 0 Å². The second-order valence-electron chi connectivity index (χ2n) is 8.03. The molecule has 8 heteroatoms. The van der Waals surface area contributed by atoms with E-state index in [1.165, 1.54) is 12.0 Å². The highest BCUT2D eigenvalue weighted by Gasteiger charge is 2.40. The van der Waals surface area contributed by atoms with E-state index in [-0.39, 0.29) is 24.4 Å². The van der Waals surface area contributed by atoms with E-state index in [1.807, 2.05) is 0 Å². The number of ether oxygens (including phenoxy) is 1. The molecule has 0 saturated heterocycles. The van der Waals surface area contributed by atoms with Crippen molar-refractivity contribution in [1.82, 2.24) is 10.2 Å². The van der Waals surface area contributed by atoms with Crippen molar-refractivity contribution in [3.8, 4) is 0 Å².